The van der Waals surface area contributed by atoms with Crippen LogP contribution in [0, 0.1) is 6.92 Å². The molecule has 106 valence electrons. The number of hydrogen-bond acceptors (Lipinski definition) is 2. The molecular weight excluding hydrogens is 264 g/mol. The highest BCUT2D eigenvalue weighted by Crippen LogP contribution is 2.37. The molecule has 0 heterocycles. The molecule has 1 N–H and O–H groups in total. The zero-order valence-electron chi connectivity index (χ0n) is 12.6. The first-order chi connectivity index (χ1) is 9.39. The van der Waals surface area contributed by atoms with E-state index in [0.717, 1.165) is 22.4 Å². The third-order valence-electron chi connectivity index (χ3n) is 3.45. The predicted molar refractivity (Wildman–Crippen MR) is 87.5 cm³/mol. The van der Waals surface area contributed by atoms with Gasteiger partial charge in [-0.1, -0.05) is 51.1 Å². The van der Waals surface area contributed by atoms with Gasteiger partial charge in [-0.2, -0.15) is 0 Å². The molecule has 0 aliphatic rings. The van der Waals surface area contributed by atoms with Gasteiger partial charge in [-0.05, 0) is 35.6 Å². The molecule has 0 unspecified atom stereocenters. The quantitative estimate of drug-likeness (QED) is 0.774. The SMILES string of the molecule is Cc1ccc(C(C)(C)C)c(O)c1CSc1ccccc1. The van der Waals surface area contributed by atoms with Crippen LogP contribution in [0.5, 0.6) is 5.75 Å². The van der Waals surface area contributed by atoms with Gasteiger partial charge in [0.1, 0.15) is 5.75 Å². The van der Waals surface area contributed by atoms with Crippen LogP contribution in [0.2, 0.25) is 0 Å². The topological polar surface area (TPSA) is 20.2 Å². The fraction of sp³-hybridized carbons (Fsp3) is 0.333. The molecule has 0 saturated carbocycles. The van der Waals surface area contributed by atoms with E-state index in [0.29, 0.717) is 5.75 Å². The maximum Gasteiger partial charge on any atom is 0.123 e. The number of phenolic OH excluding ortho intramolecular Hbond substituents is 1. The average molecular weight is 286 g/mol. The van der Waals surface area contributed by atoms with Crippen molar-refractivity contribution in [2.75, 3.05) is 0 Å². The van der Waals surface area contributed by atoms with Crippen molar-refractivity contribution >= 4 is 11.8 Å². The average Bonchev–Trinajstić information content (AvgIpc) is 2.38. The van der Waals surface area contributed by atoms with Crippen molar-refractivity contribution in [2.45, 2.75) is 43.8 Å². The Bertz CT molecular complexity index is 582. The molecule has 0 amide bonds. The monoisotopic (exact) mass is 286 g/mol. The molecule has 20 heavy (non-hydrogen) atoms. The van der Waals surface area contributed by atoms with Crippen LogP contribution >= 0.6 is 11.8 Å². The molecule has 0 radical (unpaired) electrons. The molecule has 0 aromatic heterocycles. The summed E-state index contributed by atoms with van der Waals surface area (Å²) in [6.45, 7) is 8.45. The van der Waals surface area contributed by atoms with E-state index < -0.39 is 0 Å². The van der Waals surface area contributed by atoms with Gasteiger partial charge in [0.2, 0.25) is 0 Å². The minimum atomic E-state index is -0.0378. The first-order valence-electron chi connectivity index (χ1n) is 6.89. The molecule has 2 aromatic carbocycles. The van der Waals surface area contributed by atoms with E-state index in [-0.39, 0.29) is 5.41 Å². The van der Waals surface area contributed by atoms with Gasteiger partial charge in [0.15, 0.2) is 0 Å². The fourth-order valence-electron chi connectivity index (χ4n) is 2.20. The molecule has 2 heteroatoms. The summed E-state index contributed by atoms with van der Waals surface area (Å²) in [6.07, 6.45) is 0. The van der Waals surface area contributed by atoms with Gasteiger partial charge in [0.25, 0.3) is 0 Å². The number of rotatable bonds is 3. The number of thioether (sulfide) groups is 1. The lowest BCUT2D eigenvalue weighted by Gasteiger charge is -2.23. The third kappa shape index (κ3) is 3.37. The number of hydrogen-bond donors (Lipinski definition) is 1. The molecule has 2 rings (SSSR count). The molecule has 1 nitrogen and oxygen atoms in total. The van der Waals surface area contributed by atoms with E-state index in [2.05, 4.69) is 45.9 Å². The van der Waals surface area contributed by atoms with Crippen molar-refractivity contribution in [3.8, 4) is 5.75 Å². The summed E-state index contributed by atoms with van der Waals surface area (Å²) >= 11 is 1.76. The number of benzene rings is 2. The van der Waals surface area contributed by atoms with Crippen LogP contribution in [0.25, 0.3) is 0 Å². The Kier molecular flexibility index (Phi) is 4.44. The maximum absolute atomic E-state index is 10.6. The molecule has 0 atom stereocenters. The van der Waals surface area contributed by atoms with Gasteiger partial charge in [0, 0.05) is 16.2 Å². The molecule has 0 saturated heterocycles. The van der Waals surface area contributed by atoms with Gasteiger partial charge >= 0.3 is 0 Å². The van der Waals surface area contributed by atoms with Gasteiger partial charge in [0.05, 0.1) is 0 Å². The summed E-state index contributed by atoms with van der Waals surface area (Å²) in [6, 6.07) is 14.5. The lowest BCUT2D eigenvalue weighted by molar-refractivity contribution is 0.442. The van der Waals surface area contributed by atoms with Crippen molar-refractivity contribution in [3.05, 3.63) is 59.2 Å². The Morgan fingerprint density at radius 1 is 1.00 bits per heavy atom. The first kappa shape index (κ1) is 15.0. The Hall–Kier alpha value is -1.41. The molecule has 0 spiro atoms. The number of aromatic hydroxyl groups is 1. The summed E-state index contributed by atoms with van der Waals surface area (Å²) in [5.74, 6) is 1.26. The predicted octanol–water partition coefficient (Wildman–Crippen LogP) is 5.29. The Labute approximate surface area is 126 Å². The second kappa shape index (κ2) is 5.92. The zero-order chi connectivity index (χ0) is 14.8. The second-order valence-corrected chi connectivity index (χ2v) is 7.16. The molecule has 0 bridgehead atoms. The van der Waals surface area contributed by atoms with Crippen LogP contribution in [0.1, 0.15) is 37.5 Å². The van der Waals surface area contributed by atoms with E-state index in [1.807, 2.05) is 24.3 Å². The lowest BCUT2D eigenvalue weighted by atomic mass is 9.84. The van der Waals surface area contributed by atoms with Crippen molar-refractivity contribution in [2.24, 2.45) is 0 Å². The minimum absolute atomic E-state index is 0.0378. The van der Waals surface area contributed by atoms with Gasteiger partial charge < -0.3 is 5.11 Å². The normalized spacial score (nSPS) is 11.6. The lowest BCUT2D eigenvalue weighted by Crippen LogP contribution is -2.12. The molecule has 0 fully saturated rings. The summed E-state index contributed by atoms with van der Waals surface area (Å²) in [5.41, 5.74) is 3.18. The van der Waals surface area contributed by atoms with Crippen LogP contribution in [-0.2, 0) is 11.2 Å². The van der Waals surface area contributed by atoms with E-state index >= 15 is 0 Å². The van der Waals surface area contributed by atoms with E-state index in [1.165, 1.54) is 4.90 Å². The molecule has 2 aromatic rings. The maximum atomic E-state index is 10.6. The highest BCUT2D eigenvalue weighted by Gasteiger charge is 2.20. The van der Waals surface area contributed by atoms with Crippen molar-refractivity contribution in [3.63, 3.8) is 0 Å². The van der Waals surface area contributed by atoms with E-state index in [1.54, 1.807) is 11.8 Å². The van der Waals surface area contributed by atoms with Gasteiger partial charge in [-0.25, -0.2) is 0 Å². The van der Waals surface area contributed by atoms with E-state index in [9.17, 15) is 5.11 Å². The molecule has 0 aliphatic carbocycles. The van der Waals surface area contributed by atoms with Crippen molar-refractivity contribution in [1.29, 1.82) is 0 Å². The summed E-state index contributed by atoms with van der Waals surface area (Å²) in [4.78, 5) is 1.23. The van der Waals surface area contributed by atoms with Crippen LogP contribution in [-0.4, -0.2) is 5.11 Å². The number of aryl methyl sites for hydroxylation is 1. The summed E-state index contributed by atoms with van der Waals surface area (Å²) in [5, 5.41) is 10.6. The second-order valence-electron chi connectivity index (χ2n) is 6.11. The molecule has 0 aliphatic heterocycles. The Morgan fingerprint density at radius 3 is 2.25 bits per heavy atom. The summed E-state index contributed by atoms with van der Waals surface area (Å²) in [7, 11) is 0. The standard InChI is InChI=1S/C18H22OS/c1-13-10-11-16(18(2,3)4)17(19)15(13)12-20-14-8-6-5-7-9-14/h5-11,19H,12H2,1-4H3. The third-order valence-corrected chi connectivity index (χ3v) is 4.49. The van der Waals surface area contributed by atoms with Crippen molar-refractivity contribution < 1.29 is 5.11 Å². The Morgan fingerprint density at radius 2 is 1.65 bits per heavy atom. The highest BCUT2D eigenvalue weighted by atomic mass is 32.2. The Balaban J connectivity index is 2.27. The summed E-state index contributed by atoms with van der Waals surface area (Å²) < 4.78 is 0. The van der Waals surface area contributed by atoms with Gasteiger partial charge in [-0.15, -0.1) is 11.8 Å². The van der Waals surface area contributed by atoms with Gasteiger partial charge in [-0.3, -0.25) is 0 Å². The van der Waals surface area contributed by atoms with Crippen LogP contribution in [0.3, 0.4) is 0 Å². The highest BCUT2D eigenvalue weighted by molar-refractivity contribution is 7.98. The minimum Gasteiger partial charge on any atom is -0.507 e. The van der Waals surface area contributed by atoms with E-state index in [4.69, 9.17) is 0 Å². The zero-order valence-corrected chi connectivity index (χ0v) is 13.4. The van der Waals surface area contributed by atoms with Crippen LogP contribution in [0.15, 0.2) is 47.4 Å². The largest absolute Gasteiger partial charge is 0.507 e. The first-order valence-corrected chi connectivity index (χ1v) is 7.88. The fourth-order valence-corrected chi connectivity index (χ4v) is 3.22. The number of phenols is 1. The van der Waals surface area contributed by atoms with Crippen LogP contribution < -0.4 is 0 Å². The van der Waals surface area contributed by atoms with Crippen LogP contribution in [0.4, 0.5) is 0 Å². The molecular formula is C18H22OS. The smallest absolute Gasteiger partial charge is 0.123 e. The van der Waals surface area contributed by atoms with Crippen molar-refractivity contribution in [1.82, 2.24) is 0 Å².